The summed E-state index contributed by atoms with van der Waals surface area (Å²) in [7, 11) is 0. The molecule has 0 bridgehead atoms. The van der Waals surface area contributed by atoms with Gasteiger partial charge in [0, 0.05) is 11.6 Å². The number of nitrogens with zero attached hydrogens (tertiary/aromatic N) is 4. The van der Waals surface area contributed by atoms with Crippen LogP contribution in [0.5, 0.6) is 5.88 Å². The van der Waals surface area contributed by atoms with Gasteiger partial charge in [0.25, 0.3) is 0 Å². The number of carbonyl (C=O) groups excluding carboxylic acids is 1. The molecule has 1 aromatic carbocycles. The Morgan fingerprint density at radius 3 is 2.96 bits per heavy atom. The van der Waals surface area contributed by atoms with Gasteiger partial charge in [0.2, 0.25) is 5.88 Å². The smallest absolute Gasteiger partial charge is 0.407 e. The van der Waals surface area contributed by atoms with E-state index in [-0.39, 0.29) is 19.0 Å². The van der Waals surface area contributed by atoms with Crippen molar-refractivity contribution < 1.29 is 18.7 Å². The molecular formula is C16H16FN5O3. The zero-order valence-electron chi connectivity index (χ0n) is 13.5. The van der Waals surface area contributed by atoms with Crippen LogP contribution >= 0.6 is 0 Å². The van der Waals surface area contributed by atoms with E-state index in [9.17, 15) is 9.18 Å². The van der Waals surface area contributed by atoms with E-state index in [0.29, 0.717) is 29.5 Å². The Morgan fingerprint density at radius 2 is 2.16 bits per heavy atom. The number of amides is 1. The predicted molar refractivity (Wildman–Crippen MR) is 86.7 cm³/mol. The molecule has 2 heterocycles. The van der Waals surface area contributed by atoms with Crippen LogP contribution in [0, 0.1) is 5.82 Å². The summed E-state index contributed by atoms with van der Waals surface area (Å²) >= 11 is 0. The Kier molecular flexibility index (Phi) is 5.03. The Balaban J connectivity index is 1.71. The maximum absolute atomic E-state index is 13.4. The Bertz CT molecular complexity index is 883. The fourth-order valence-electron chi connectivity index (χ4n) is 2.15. The molecule has 0 unspecified atom stereocenters. The highest BCUT2D eigenvalue weighted by atomic mass is 19.1. The van der Waals surface area contributed by atoms with E-state index in [4.69, 9.17) is 9.47 Å². The van der Waals surface area contributed by atoms with Gasteiger partial charge in [0.1, 0.15) is 12.4 Å². The first kappa shape index (κ1) is 16.6. The summed E-state index contributed by atoms with van der Waals surface area (Å²) < 4.78 is 25.1. The normalized spacial score (nSPS) is 10.6. The van der Waals surface area contributed by atoms with Crippen molar-refractivity contribution in [2.75, 3.05) is 19.8 Å². The fourth-order valence-corrected chi connectivity index (χ4v) is 2.15. The van der Waals surface area contributed by atoms with Crippen LogP contribution in [0.25, 0.3) is 17.0 Å². The Morgan fingerprint density at radius 1 is 1.28 bits per heavy atom. The second-order valence-electron chi connectivity index (χ2n) is 4.97. The van der Waals surface area contributed by atoms with Gasteiger partial charge in [-0.2, -0.15) is 4.52 Å². The summed E-state index contributed by atoms with van der Waals surface area (Å²) in [5.74, 6) is 0.368. The largest absolute Gasteiger partial charge is 0.475 e. The number of hydrogen-bond acceptors (Lipinski definition) is 6. The van der Waals surface area contributed by atoms with Gasteiger partial charge in [-0.05, 0) is 25.1 Å². The van der Waals surface area contributed by atoms with Crippen molar-refractivity contribution in [1.82, 2.24) is 25.1 Å². The molecule has 0 fully saturated rings. The van der Waals surface area contributed by atoms with E-state index in [1.165, 1.54) is 16.6 Å². The molecular weight excluding hydrogens is 329 g/mol. The molecule has 0 saturated heterocycles. The number of rotatable bonds is 6. The lowest BCUT2D eigenvalue weighted by molar-refractivity contribution is 0.149. The van der Waals surface area contributed by atoms with Crippen molar-refractivity contribution >= 4 is 11.7 Å². The highest BCUT2D eigenvalue weighted by Gasteiger charge is 2.11. The number of aromatic nitrogens is 4. The van der Waals surface area contributed by atoms with Crippen molar-refractivity contribution in [3.05, 3.63) is 42.2 Å². The van der Waals surface area contributed by atoms with Gasteiger partial charge in [0.05, 0.1) is 13.2 Å². The third-order valence-electron chi connectivity index (χ3n) is 3.22. The van der Waals surface area contributed by atoms with E-state index >= 15 is 0 Å². The quantitative estimate of drug-likeness (QED) is 0.688. The van der Waals surface area contributed by atoms with Gasteiger partial charge in [0.15, 0.2) is 11.5 Å². The minimum Gasteiger partial charge on any atom is -0.475 e. The summed E-state index contributed by atoms with van der Waals surface area (Å²) in [4.78, 5) is 11.2. The average molecular weight is 345 g/mol. The first-order chi connectivity index (χ1) is 12.2. The van der Waals surface area contributed by atoms with Crippen LogP contribution in [-0.2, 0) is 4.74 Å². The van der Waals surface area contributed by atoms with E-state index in [1.807, 2.05) is 0 Å². The van der Waals surface area contributed by atoms with Gasteiger partial charge in [-0.1, -0.05) is 12.1 Å². The van der Waals surface area contributed by atoms with Crippen molar-refractivity contribution in [2.45, 2.75) is 6.92 Å². The number of fused-ring (bicyclic) bond motifs is 1. The minimum atomic E-state index is -0.498. The molecule has 0 spiro atoms. The van der Waals surface area contributed by atoms with Crippen molar-refractivity contribution in [2.24, 2.45) is 0 Å². The number of hydrogen-bond donors (Lipinski definition) is 1. The lowest BCUT2D eigenvalue weighted by Gasteiger charge is -2.07. The van der Waals surface area contributed by atoms with Crippen LogP contribution in [0.1, 0.15) is 6.92 Å². The van der Waals surface area contributed by atoms with Crippen molar-refractivity contribution in [3.8, 4) is 17.3 Å². The third-order valence-corrected chi connectivity index (χ3v) is 3.22. The summed E-state index contributed by atoms with van der Waals surface area (Å²) in [6.45, 7) is 2.53. The molecule has 1 amide bonds. The van der Waals surface area contributed by atoms with Crippen LogP contribution in [0.15, 0.2) is 36.4 Å². The van der Waals surface area contributed by atoms with Crippen LogP contribution in [0.4, 0.5) is 9.18 Å². The first-order valence-electron chi connectivity index (χ1n) is 7.69. The molecule has 0 aliphatic carbocycles. The molecule has 2 aromatic heterocycles. The lowest BCUT2D eigenvalue weighted by atomic mass is 10.2. The van der Waals surface area contributed by atoms with E-state index in [1.54, 1.807) is 31.2 Å². The molecule has 0 saturated carbocycles. The standard InChI is InChI=1S/C16H16FN5O3/c1-2-24-16(23)18-8-9-25-14-7-6-13-19-20-15(22(13)21-14)11-4-3-5-12(17)10-11/h3-7,10H,2,8-9H2,1H3,(H,18,23). The highest BCUT2D eigenvalue weighted by Crippen LogP contribution is 2.19. The second-order valence-corrected chi connectivity index (χ2v) is 4.97. The summed E-state index contributed by atoms with van der Waals surface area (Å²) in [5.41, 5.74) is 1.07. The predicted octanol–water partition coefficient (Wildman–Crippen LogP) is 2.06. The zero-order valence-corrected chi connectivity index (χ0v) is 13.5. The molecule has 8 nitrogen and oxygen atoms in total. The van der Waals surface area contributed by atoms with Crippen molar-refractivity contribution in [1.29, 1.82) is 0 Å². The fraction of sp³-hybridized carbons (Fsp3) is 0.250. The number of alkyl carbamates (subject to hydrolysis) is 1. The molecule has 25 heavy (non-hydrogen) atoms. The molecule has 0 aliphatic heterocycles. The monoisotopic (exact) mass is 345 g/mol. The molecule has 1 N–H and O–H groups in total. The lowest BCUT2D eigenvalue weighted by Crippen LogP contribution is -2.28. The van der Waals surface area contributed by atoms with E-state index < -0.39 is 6.09 Å². The zero-order chi connectivity index (χ0) is 17.6. The summed E-state index contributed by atoms with van der Waals surface area (Å²) in [6, 6.07) is 9.35. The first-order valence-corrected chi connectivity index (χ1v) is 7.69. The molecule has 9 heteroatoms. The molecule has 3 aromatic rings. The topological polar surface area (TPSA) is 90.6 Å². The molecule has 0 radical (unpaired) electrons. The Hall–Kier alpha value is -3.23. The molecule has 0 atom stereocenters. The third kappa shape index (κ3) is 4.00. The van der Waals surface area contributed by atoms with Gasteiger partial charge in [-0.3, -0.25) is 0 Å². The highest BCUT2D eigenvalue weighted by molar-refractivity contribution is 5.67. The number of halogens is 1. The van der Waals surface area contributed by atoms with Crippen molar-refractivity contribution in [3.63, 3.8) is 0 Å². The second kappa shape index (κ2) is 7.56. The van der Waals surface area contributed by atoms with Crippen LogP contribution in [0.3, 0.4) is 0 Å². The average Bonchev–Trinajstić information content (AvgIpc) is 3.02. The van der Waals surface area contributed by atoms with Crippen LogP contribution < -0.4 is 10.1 Å². The molecule has 0 aliphatic rings. The minimum absolute atomic E-state index is 0.217. The van der Waals surface area contributed by atoms with E-state index in [0.717, 1.165) is 0 Å². The van der Waals surface area contributed by atoms with E-state index in [2.05, 4.69) is 20.6 Å². The molecule has 3 rings (SSSR count). The number of carbonyl (C=O) groups is 1. The summed E-state index contributed by atoms with van der Waals surface area (Å²) in [6.07, 6.45) is -0.498. The SMILES string of the molecule is CCOC(=O)NCCOc1ccc2nnc(-c3cccc(F)c3)n2n1. The number of nitrogens with one attached hydrogen (secondary N) is 1. The Labute approximate surface area is 142 Å². The summed E-state index contributed by atoms with van der Waals surface area (Å²) in [5, 5.41) is 14.9. The van der Waals surface area contributed by atoms with Gasteiger partial charge >= 0.3 is 6.09 Å². The molecule has 130 valence electrons. The van der Waals surface area contributed by atoms with Gasteiger partial charge in [-0.15, -0.1) is 15.3 Å². The van der Waals surface area contributed by atoms with Gasteiger partial charge < -0.3 is 14.8 Å². The van der Waals surface area contributed by atoms with Crippen LogP contribution in [-0.4, -0.2) is 45.7 Å². The number of ether oxygens (including phenoxy) is 2. The van der Waals surface area contributed by atoms with Crippen LogP contribution in [0.2, 0.25) is 0 Å². The maximum Gasteiger partial charge on any atom is 0.407 e. The maximum atomic E-state index is 13.4. The number of benzene rings is 1. The van der Waals surface area contributed by atoms with Gasteiger partial charge in [-0.25, -0.2) is 9.18 Å².